The minimum Gasteiger partial charge on any atom is -0.381 e. The molecule has 1 spiro atoms. The summed E-state index contributed by atoms with van der Waals surface area (Å²) in [6, 6.07) is 0. The van der Waals surface area contributed by atoms with Crippen molar-refractivity contribution in [2.45, 2.75) is 75.9 Å². The highest BCUT2D eigenvalue weighted by molar-refractivity contribution is 9.09. The van der Waals surface area contributed by atoms with Gasteiger partial charge < -0.3 is 9.47 Å². The van der Waals surface area contributed by atoms with Crippen LogP contribution in [0.3, 0.4) is 0 Å². The Labute approximate surface area is 125 Å². The smallest absolute Gasteiger partial charge is 0.0687 e. The highest BCUT2D eigenvalue weighted by Crippen LogP contribution is 2.46. The van der Waals surface area contributed by atoms with Crippen LogP contribution in [-0.2, 0) is 9.47 Å². The minimum absolute atomic E-state index is 0.279. The summed E-state index contributed by atoms with van der Waals surface area (Å²) in [5, 5.41) is 1.11. The Morgan fingerprint density at radius 2 is 1.68 bits per heavy atom. The van der Waals surface area contributed by atoms with Gasteiger partial charge in [0.15, 0.2) is 0 Å². The predicted octanol–water partition coefficient (Wildman–Crippen LogP) is 4.45. The first kappa shape index (κ1) is 14.3. The zero-order valence-electron chi connectivity index (χ0n) is 12.0. The summed E-state index contributed by atoms with van der Waals surface area (Å²) in [5.74, 6) is 0. The maximum atomic E-state index is 6.56. The summed E-state index contributed by atoms with van der Waals surface area (Å²) in [5.41, 5.74) is 0.713. The van der Waals surface area contributed by atoms with E-state index in [2.05, 4.69) is 15.9 Å². The van der Waals surface area contributed by atoms with Gasteiger partial charge in [0.2, 0.25) is 0 Å². The van der Waals surface area contributed by atoms with Crippen molar-refractivity contribution < 1.29 is 9.47 Å². The van der Waals surface area contributed by atoms with Gasteiger partial charge in [0.1, 0.15) is 0 Å². The van der Waals surface area contributed by atoms with Crippen LogP contribution in [0.2, 0.25) is 0 Å². The quantitative estimate of drug-likeness (QED) is 0.711. The molecule has 1 unspecified atom stereocenters. The Morgan fingerprint density at radius 1 is 0.947 bits per heavy atom. The lowest BCUT2D eigenvalue weighted by Gasteiger charge is -2.39. The molecule has 2 aliphatic heterocycles. The highest BCUT2D eigenvalue weighted by atomic mass is 79.9. The minimum atomic E-state index is 0.279. The first-order valence-electron chi connectivity index (χ1n) is 8.08. The van der Waals surface area contributed by atoms with E-state index < -0.39 is 0 Å². The zero-order valence-corrected chi connectivity index (χ0v) is 13.6. The Morgan fingerprint density at radius 3 is 2.37 bits per heavy atom. The number of hydrogen-bond acceptors (Lipinski definition) is 2. The van der Waals surface area contributed by atoms with Crippen LogP contribution in [0.5, 0.6) is 0 Å². The van der Waals surface area contributed by atoms with Gasteiger partial charge in [-0.25, -0.2) is 0 Å². The third-order valence-electron chi connectivity index (χ3n) is 5.60. The molecule has 2 saturated heterocycles. The van der Waals surface area contributed by atoms with Gasteiger partial charge in [-0.2, -0.15) is 0 Å². The number of ether oxygens (including phenoxy) is 2. The van der Waals surface area contributed by atoms with Gasteiger partial charge in [-0.05, 0) is 50.4 Å². The maximum absolute atomic E-state index is 6.56. The van der Waals surface area contributed by atoms with E-state index in [1.165, 1.54) is 64.2 Å². The summed E-state index contributed by atoms with van der Waals surface area (Å²) >= 11 is 3.75. The number of alkyl halides is 1. The average molecular weight is 331 g/mol. The molecule has 0 radical (unpaired) electrons. The topological polar surface area (TPSA) is 18.5 Å². The van der Waals surface area contributed by atoms with Crippen LogP contribution < -0.4 is 0 Å². The van der Waals surface area contributed by atoms with Gasteiger partial charge in [-0.3, -0.25) is 0 Å². The molecule has 3 aliphatic rings. The Balaban J connectivity index is 1.58. The molecule has 2 nitrogen and oxygen atoms in total. The standard InChI is InChI=1S/C16H27BrO2/c17-13-15(8-10-18-11-9-15)12-14-4-7-16(19-14)5-2-1-3-6-16/h14H,1-13H2. The first-order valence-corrected chi connectivity index (χ1v) is 9.20. The largest absolute Gasteiger partial charge is 0.381 e. The van der Waals surface area contributed by atoms with Gasteiger partial charge >= 0.3 is 0 Å². The molecule has 3 heteroatoms. The van der Waals surface area contributed by atoms with Crippen molar-refractivity contribution in [2.24, 2.45) is 5.41 Å². The summed E-state index contributed by atoms with van der Waals surface area (Å²) < 4.78 is 12.1. The molecule has 19 heavy (non-hydrogen) atoms. The van der Waals surface area contributed by atoms with Crippen molar-refractivity contribution in [1.29, 1.82) is 0 Å². The molecule has 0 aromatic heterocycles. The van der Waals surface area contributed by atoms with E-state index in [9.17, 15) is 0 Å². The second-order valence-corrected chi connectivity index (χ2v) is 7.53. The van der Waals surface area contributed by atoms with Crippen LogP contribution in [-0.4, -0.2) is 30.2 Å². The zero-order chi connectivity index (χ0) is 13.2. The molecule has 110 valence electrons. The van der Waals surface area contributed by atoms with E-state index in [0.29, 0.717) is 11.5 Å². The second kappa shape index (κ2) is 6.03. The van der Waals surface area contributed by atoms with Gasteiger partial charge in [-0.1, -0.05) is 35.2 Å². The van der Waals surface area contributed by atoms with E-state index in [0.717, 1.165) is 18.5 Å². The molecule has 1 saturated carbocycles. The summed E-state index contributed by atoms with van der Waals surface area (Å²) in [6.45, 7) is 1.87. The van der Waals surface area contributed by atoms with Gasteiger partial charge in [0.05, 0.1) is 11.7 Å². The molecule has 1 aliphatic carbocycles. The summed E-state index contributed by atoms with van der Waals surface area (Å²) in [4.78, 5) is 0. The molecule has 0 N–H and O–H groups in total. The van der Waals surface area contributed by atoms with E-state index in [4.69, 9.17) is 9.47 Å². The third-order valence-corrected chi connectivity index (χ3v) is 6.79. The van der Waals surface area contributed by atoms with Crippen LogP contribution in [0.4, 0.5) is 0 Å². The third kappa shape index (κ3) is 3.19. The second-order valence-electron chi connectivity index (χ2n) is 6.97. The molecule has 0 aromatic rings. The van der Waals surface area contributed by atoms with E-state index >= 15 is 0 Å². The van der Waals surface area contributed by atoms with Crippen LogP contribution in [0.15, 0.2) is 0 Å². The predicted molar refractivity (Wildman–Crippen MR) is 80.8 cm³/mol. The normalized spacial score (nSPS) is 33.6. The van der Waals surface area contributed by atoms with Crippen molar-refractivity contribution in [3.63, 3.8) is 0 Å². The first-order chi connectivity index (χ1) is 9.26. The van der Waals surface area contributed by atoms with Crippen molar-refractivity contribution in [3.8, 4) is 0 Å². The molecule has 0 aromatic carbocycles. The van der Waals surface area contributed by atoms with Crippen LogP contribution in [0, 0.1) is 5.41 Å². The molecule has 0 bridgehead atoms. The molecule has 0 amide bonds. The highest BCUT2D eigenvalue weighted by Gasteiger charge is 2.44. The number of rotatable bonds is 3. The van der Waals surface area contributed by atoms with Crippen molar-refractivity contribution in [3.05, 3.63) is 0 Å². The molecule has 3 rings (SSSR count). The lowest BCUT2D eigenvalue weighted by molar-refractivity contribution is -0.0847. The number of hydrogen-bond donors (Lipinski definition) is 0. The maximum Gasteiger partial charge on any atom is 0.0687 e. The molecule has 1 atom stereocenters. The van der Waals surface area contributed by atoms with E-state index in [-0.39, 0.29) is 5.60 Å². The van der Waals surface area contributed by atoms with Gasteiger partial charge in [0.25, 0.3) is 0 Å². The monoisotopic (exact) mass is 330 g/mol. The fraction of sp³-hybridized carbons (Fsp3) is 1.00. The van der Waals surface area contributed by atoms with Crippen LogP contribution >= 0.6 is 15.9 Å². The molecular weight excluding hydrogens is 304 g/mol. The van der Waals surface area contributed by atoms with Crippen molar-refractivity contribution in [1.82, 2.24) is 0 Å². The Bertz CT molecular complexity index is 293. The fourth-order valence-corrected chi connectivity index (χ4v) is 5.07. The van der Waals surface area contributed by atoms with Gasteiger partial charge in [0, 0.05) is 18.5 Å². The average Bonchev–Trinajstić information content (AvgIpc) is 2.83. The van der Waals surface area contributed by atoms with Crippen LogP contribution in [0.25, 0.3) is 0 Å². The van der Waals surface area contributed by atoms with E-state index in [1.54, 1.807) is 0 Å². The van der Waals surface area contributed by atoms with Crippen molar-refractivity contribution in [2.75, 3.05) is 18.5 Å². The molecule has 3 fully saturated rings. The summed E-state index contributed by atoms with van der Waals surface area (Å²) in [6.07, 6.45) is 13.5. The van der Waals surface area contributed by atoms with Gasteiger partial charge in [-0.15, -0.1) is 0 Å². The lowest BCUT2D eigenvalue weighted by Crippen LogP contribution is -2.37. The molecular formula is C16H27BrO2. The Kier molecular flexibility index (Phi) is 4.55. The lowest BCUT2D eigenvalue weighted by atomic mass is 9.77. The Hall–Kier alpha value is 0.400. The van der Waals surface area contributed by atoms with Crippen LogP contribution in [0.1, 0.15) is 64.2 Å². The fourth-order valence-electron chi connectivity index (χ4n) is 4.28. The van der Waals surface area contributed by atoms with E-state index in [1.807, 2.05) is 0 Å². The SMILES string of the molecule is BrCC1(CC2CCC3(CCCCC3)O2)CCOCC1. The molecule has 2 heterocycles. The van der Waals surface area contributed by atoms with Crippen molar-refractivity contribution >= 4 is 15.9 Å². The number of halogens is 1. The summed E-state index contributed by atoms with van der Waals surface area (Å²) in [7, 11) is 0.